The minimum absolute atomic E-state index is 0.111. The van der Waals surface area contributed by atoms with Crippen molar-refractivity contribution in [3.05, 3.63) is 60.8 Å². The number of anilines is 3. The lowest BCUT2D eigenvalue weighted by Crippen LogP contribution is -2.19. The number of sulfonamides is 1. The second-order valence-electron chi connectivity index (χ2n) is 7.76. The zero-order chi connectivity index (χ0) is 23.4. The number of aromatic nitrogens is 3. The van der Waals surface area contributed by atoms with E-state index in [4.69, 9.17) is 11.5 Å². The first kappa shape index (κ1) is 21.2. The molecule has 170 valence electrons. The van der Waals surface area contributed by atoms with E-state index in [1.54, 1.807) is 48.5 Å². The molecule has 0 amide bonds. The smallest absolute Gasteiger partial charge is 0.265 e. The van der Waals surface area contributed by atoms with E-state index in [0.29, 0.717) is 40.7 Å². The zero-order valence-electron chi connectivity index (χ0n) is 17.2. The van der Waals surface area contributed by atoms with Gasteiger partial charge in [0.2, 0.25) is 16.0 Å². The first-order valence-corrected chi connectivity index (χ1v) is 13.0. The number of nitrogens with one attached hydrogen (secondary N) is 1. The summed E-state index contributed by atoms with van der Waals surface area (Å²) in [6, 6.07) is 14.7. The predicted molar refractivity (Wildman–Crippen MR) is 126 cm³/mol. The lowest BCUT2D eigenvalue weighted by molar-refractivity contribution is 0.588. The van der Waals surface area contributed by atoms with Crippen molar-refractivity contribution in [2.45, 2.75) is 23.0 Å². The van der Waals surface area contributed by atoms with Crippen molar-refractivity contribution in [2.75, 3.05) is 16.2 Å². The number of nitrogen functional groups attached to an aromatic ring is 2. The van der Waals surface area contributed by atoms with Crippen LogP contribution in [0, 0.1) is 0 Å². The van der Waals surface area contributed by atoms with Crippen LogP contribution in [-0.2, 0) is 20.0 Å². The van der Waals surface area contributed by atoms with Gasteiger partial charge in [-0.3, -0.25) is 4.72 Å². The molecule has 1 fully saturated rings. The van der Waals surface area contributed by atoms with Gasteiger partial charge in [0.15, 0.2) is 0 Å². The van der Waals surface area contributed by atoms with Gasteiger partial charge in [-0.25, -0.2) is 30.8 Å². The highest BCUT2D eigenvalue weighted by atomic mass is 32.2. The number of hydrogen-bond donors (Lipinski definition) is 3. The van der Waals surface area contributed by atoms with Crippen molar-refractivity contribution in [1.29, 1.82) is 0 Å². The fourth-order valence-corrected chi connectivity index (χ4v) is 6.50. The maximum atomic E-state index is 12.9. The lowest BCUT2D eigenvalue weighted by Gasteiger charge is -2.12. The van der Waals surface area contributed by atoms with Crippen LogP contribution in [0.5, 0.6) is 0 Å². The standard InChI is InChI=1S/C21H20N6O4S2/c22-20-19(32(28,29)26-15-4-2-1-3-5-15)11-14(12-24-20)13-6-9-17-18(10-13)27(21(23)25-17)33(30,31)16-7-8-16/h1-6,9-12,16,26H,7-8H2,(H2,22,24)(H2,23,25). The Bertz CT molecular complexity index is 1590. The number of imidazole rings is 1. The van der Waals surface area contributed by atoms with Gasteiger partial charge in [-0.05, 0) is 48.7 Å². The fraction of sp³-hybridized carbons (Fsp3) is 0.143. The Kier molecular flexibility index (Phi) is 4.79. The fourth-order valence-electron chi connectivity index (χ4n) is 3.58. The molecule has 10 nitrogen and oxygen atoms in total. The molecule has 0 spiro atoms. The Morgan fingerprint density at radius 2 is 1.67 bits per heavy atom. The third kappa shape index (κ3) is 3.76. The van der Waals surface area contributed by atoms with Crippen molar-refractivity contribution >= 4 is 48.5 Å². The summed E-state index contributed by atoms with van der Waals surface area (Å²) in [5.74, 6) is -0.270. The summed E-state index contributed by atoms with van der Waals surface area (Å²) in [5.41, 5.74) is 13.9. The maximum absolute atomic E-state index is 12.9. The summed E-state index contributed by atoms with van der Waals surface area (Å²) < 4.78 is 55.2. The number of nitrogens with two attached hydrogens (primary N) is 2. The first-order chi connectivity index (χ1) is 15.7. The van der Waals surface area contributed by atoms with Crippen molar-refractivity contribution in [2.24, 2.45) is 0 Å². The van der Waals surface area contributed by atoms with E-state index >= 15 is 0 Å². The van der Waals surface area contributed by atoms with E-state index in [2.05, 4.69) is 14.7 Å². The quantitative estimate of drug-likeness (QED) is 0.375. The summed E-state index contributed by atoms with van der Waals surface area (Å²) in [4.78, 5) is 8.02. The van der Waals surface area contributed by atoms with Gasteiger partial charge >= 0.3 is 0 Å². The minimum Gasteiger partial charge on any atom is -0.383 e. The highest BCUT2D eigenvalue weighted by Gasteiger charge is 2.39. The van der Waals surface area contributed by atoms with Crippen LogP contribution in [0.25, 0.3) is 22.2 Å². The third-order valence-electron chi connectivity index (χ3n) is 5.37. The van der Waals surface area contributed by atoms with E-state index < -0.39 is 25.3 Å². The van der Waals surface area contributed by atoms with E-state index in [1.807, 2.05) is 0 Å². The summed E-state index contributed by atoms with van der Waals surface area (Å²) >= 11 is 0. The summed E-state index contributed by atoms with van der Waals surface area (Å²) in [5, 5.41) is -0.472. The molecule has 2 heterocycles. The second-order valence-corrected chi connectivity index (χ2v) is 11.5. The Morgan fingerprint density at radius 3 is 2.36 bits per heavy atom. The number of fused-ring (bicyclic) bond motifs is 1. The Hall–Kier alpha value is -3.64. The molecular weight excluding hydrogens is 464 g/mol. The van der Waals surface area contributed by atoms with Crippen LogP contribution in [-0.4, -0.2) is 36.0 Å². The van der Waals surface area contributed by atoms with Crippen LogP contribution in [0.3, 0.4) is 0 Å². The Balaban J connectivity index is 1.60. The molecule has 2 aromatic heterocycles. The van der Waals surface area contributed by atoms with E-state index in [9.17, 15) is 16.8 Å². The van der Waals surface area contributed by atoms with Crippen LogP contribution >= 0.6 is 0 Å². The van der Waals surface area contributed by atoms with E-state index in [1.165, 1.54) is 12.3 Å². The Labute approximate surface area is 190 Å². The van der Waals surface area contributed by atoms with Crippen molar-refractivity contribution < 1.29 is 16.8 Å². The van der Waals surface area contributed by atoms with Gasteiger partial charge in [0.1, 0.15) is 10.7 Å². The molecule has 0 aliphatic heterocycles. The van der Waals surface area contributed by atoms with Gasteiger partial charge < -0.3 is 11.5 Å². The van der Waals surface area contributed by atoms with Gasteiger partial charge in [0, 0.05) is 17.4 Å². The van der Waals surface area contributed by atoms with Crippen molar-refractivity contribution in [1.82, 2.24) is 13.9 Å². The number of para-hydroxylation sites is 1. The molecule has 33 heavy (non-hydrogen) atoms. The van der Waals surface area contributed by atoms with Crippen LogP contribution in [0.15, 0.2) is 65.7 Å². The lowest BCUT2D eigenvalue weighted by atomic mass is 10.1. The molecule has 4 aromatic rings. The van der Waals surface area contributed by atoms with Crippen LogP contribution in [0.2, 0.25) is 0 Å². The Morgan fingerprint density at radius 1 is 0.939 bits per heavy atom. The van der Waals surface area contributed by atoms with Gasteiger partial charge in [-0.2, -0.15) is 0 Å². The molecule has 5 rings (SSSR count). The number of nitrogens with zero attached hydrogens (tertiary/aromatic N) is 3. The highest BCUT2D eigenvalue weighted by Crippen LogP contribution is 2.35. The monoisotopic (exact) mass is 484 g/mol. The number of benzene rings is 2. The average Bonchev–Trinajstić information content (AvgIpc) is 3.57. The second kappa shape index (κ2) is 7.46. The van der Waals surface area contributed by atoms with Crippen molar-refractivity contribution in [3.63, 3.8) is 0 Å². The molecule has 1 aliphatic carbocycles. The molecule has 5 N–H and O–H groups in total. The molecular formula is C21H20N6O4S2. The molecule has 2 aromatic carbocycles. The molecule has 1 aliphatic rings. The normalized spacial score (nSPS) is 14.4. The third-order valence-corrected chi connectivity index (χ3v) is 8.99. The topological polar surface area (TPSA) is 163 Å². The van der Waals surface area contributed by atoms with E-state index in [-0.39, 0.29) is 16.7 Å². The summed E-state index contributed by atoms with van der Waals surface area (Å²) in [7, 11) is -7.68. The van der Waals surface area contributed by atoms with Crippen LogP contribution < -0.4 is 16.2 Å². The molecule has 0 unspecified atom stereocenters. The molecule has 1 saturated carbocycles. The molecule has 0 saturated heterocycles. The molecule has 0 bridgehead atoms. The summed E-state index contributed by atoms with van der Waals surface area (Å²) in [6.07, 6.45) is 2.59. The number of hydrogen-bond acceptors (Lipinski definition) is 8. The molecule has 12 heteroatoms. The van der Waals surface area contributed by atoms with E-state index in [0.717, 1.165) is 3.97 Å². The molecule has 0 atom stereocenters. The first-order valence-electron chi connectivity index (χ1n) is 10.0. The minimum atomic E-state index is -4.02. The van der Waals surface area contributed by atoms with Gasteiger partial charge in [0.25, 0.3) is 10.0 Å². The highest BCUT2D eigenvalue weighted by molar-refractivity contribution is 7.93. The average molecular weight is 485 g/mol. The van der Waals surface area contributed by atoms with Gasteiger partial charge in [-0.1, -0.05) is 24.3 Å². The van der Waals surface area contributed by atoms with Gasteiger partial charge in [-0.15, -0.1) is 0 Å². The molecule has 0 radical (unpaired) electrons. The van der Waals surface area contributed by atoms with Crippen LogP contribution in [0.1, 0.15) is 12.8 Å². The zero-order valence-corrected chi connectivity index (χ0v) is 18.8. The summed E-state index contributed by atoms with van der Waals surface area (Å²) in [6.45, 7) is 0. The predicted octanol–water partition coefficient (Wildman–Crippen LogP) is 2.40. The largest absolute Gasteiger partial charge is 0.383 e. The van der Waals surface area contributed by atoms with Gasteiger partial charge in [0.05, 0.1) is 16.3 Å². The number of pyridine rings is 1. The van der Waals surface area contributed by atoms with Crippen LogP contribution in [0.4, 0.5) is 17.5 Å². The maximum Gasteiger partial charge on any atom is 0.265 e. The van der Waals surface area contributed by atoms with Crippen molar-refractivity contribution in [3.8, 4) is 11.1 Å². The SMILES string of the molecule is Nc1ncc(-c2ccc3nc(N)n(S(=O)(=O)C4CC4)c3c2)cc1S(=O)(=O)Nc1ccccc1. The number of rotatable bonds is 6.